The molecule has 1 aliphatic carbocycles. The van der Waals surface area contributed by atoms with Crippen molar-refractivity contribution in [3.63, 3.8) is 0 Å². The lowest BCUT2D eigenvalue weighted by atomic mass is 9.77. The van der Waals surface area contributed by atoms with E-state index in [0.29, 0.717) is 0 Å². The van der Waals surface area contributed by atoms with Crippen LogP contribution in [0.3, 0.4) is 0 Å². The number of rotatable bonds is 0. The summed E-state index contributed by atoms with van der Waals surface area (Å²) in [6.45, 7) is 0. The van der Waals surface area contributed by atoms with E-state index >= 15 is 0 Å². The van der Waals surface area contributed by atoms with E-state index in [-0.39, 0.29) is 0 Å². The average Bonchev–Trinajstić information content (AvgIpc) is 1.96. The highest BCUT2D eigenvalue weighted by Crippen LogP contribution is 2.42. The molecule has 0 radical (unpaired) electrons. The van der Waals surface area contributed by atoms with Gasteiger partial charge in [0.1, 0.15) is 0 Å². The van der Waals surface area contributed by atoms with Gasteiger partial charge in [0.25, 0.3) is 0 Å². The minimum Gasteiger partial charge on any atom is -0.0534 e. The first-order valence-corrected chi connectivity index (χ1v) is 4.53. The van der Waals surface area contributed by atoms with Crippen LogP contribution in [0.25, 0.3) is 21.5 Å². The summed E-state index contributed by atoms with van der Waals surface area (Å²) in [6.07, 6.45) is 2.62. The molecule has 0 heterocycles. The van der Waals surface area contributed by atoms with E-state index in [1.165, 1.54) is 23.6 Å². The lowest BCUT2D eigenvalue weighted by molar-refractivity contribution is 0.862. The molecule has 3 aromatic rings. The monoisotopic (exact) mass is 152 g/mol. The molecular weight excluding hydrogens is 144 g/mol. The fourth-order valence-corrected chi connectivity index (χ4v) is 2.47. The second kappa shape index (κ2) is 1.42. The van der Waals surface area contributed by atoms with Crippen LogP contribution in [0.2, 0.25) is 0 Å². The molecule has 0 spiro atoms. The van der Waals surface area contributed by atoms with Gasteiger partial charge in [-0.15, -0.1) is 0 Å². The molecule has 0 unspecified atom stereocenters. The van der Waals surface area contributed by atoms with Gasteiger partial charge in [0, 0.05) is 0 Å². The van der Waals surface area contributed by atoms with Crippen LogP contribution < -0.4 is 0 Å². The summed E-state index contributed by atoms with van der Waals surface area (Å²) in [5.41, 5.74) is 3.27. The van der Waals surface area contributed by atoms with Gasteiger partial charge in [-0.05, 0) is 45.5 Å². The molecule has 0 bridgehead atoms. The van der Waals surface area contributed by atoms with Crippen LogP contribution in [-0.2, 0) is 12.8 Å². The van der Waals surface area contributed by atoms with Gasteiger partial charge >= 0.3 is 0 Å². The topological polar surface area (TPSA) is 0 Å². The van der Waals surface area contributed by atoms with Crippen LogP contribution in [0.1, 0.15) is 11.1 Å². The molecule has 0 aliphatic heterocycles. The second-order valence-corrected chi connectivity index (χ2v) is 3.78. The highest BCUT2D eigenvalue weighted by Gasteiger charge is 2.22. The third-order valence-electron chi connectivity index (χ3n) is 3.34. The molecule has 56 valence electrons. The summed E-state index contributed by atoms with van der Waals surface area (Å²) >= 11 is 0. The molecule has 0 heteroatoms. The van der Waals surface area contributed by atoms with Crippen LogP contribution in [0.4, 0.5) is 0 Å². The molecule has 4 rings (SSSR count). The first kappa shape index (κ1) is 5.36. The van der Waals surface area contributed by atoms with Gasteiger partial charge in [0.15, 0.2) is 0 Å². The number of hydrogen-bond donors (Lipinski definition) is 0. The van der Waals surface area contributed by atoms with Crippen LogP contribution in [0, 0.1) is 0 Å². The van der Waals surface area contributed by atoms with E-state index in [1.807, 2.05) is 0 Å². The van der Waals surface area contributed by atoms with E-state index in [9.17, 15) is 0 Å². The van der Waals surface area contributed by atoms with Crippen molar-refractivity contribution in [3.05, 3.63) is 35.4 Å². The maximum atomic E-state index is 2.26. The van der Waals surface area contributed by atoms with Crippen molar-refractivity contribution in [2.24, 2.45) is 0 Å². The Morgan fingerprint density at radius 1 is 0.583 bits per heavy atom. The van der Waals surface area contributed by atoms with E-state index in [0.717, 1.165) is 0 Å². The van der Waals surface area contributed by atoms with Crippen LogP contribution in [-0.4, -0.2) is 0 Å². The average molecular weight is 152 g/mol. The Balaban J connectivity index is 2.39. The van der Waals surface area contributed by atoms with Crippen molar-refractivity contribution in [1.29, 1.82) is 0 Å². The van der Waals surface area contributed by atoms with Gasteiger partial charge in [0.05, 0.1) is 0 Å². The van der Waals surface area contributed by atoms with Crippen molar-refractivity contribution >= 4 is 21.5 Å². The van der Waals surface area contributed by atoms with Gasteiger partial charge in [-0.3, -0.25) is 0 Å². The smallest absolute Gasteiger partial charge is 0.0102 e. The second-order valence-electron chi connectivity index (χ2n) is 3.78. The minimum absolute atomic E-state index is 1.31. The molecule has 12 heavy (non-hydrogen) atoms. The Kier molecular flexibility index (Phi) is 0.637. The van der Waals surface area contributed by atoms with Crippen LogP contribution in [0.5, 0.6) is 0 Å². The summed E-state index contributed by atoms with van der Waals surface area (Å²) in [6, 6.07) is 9.02. The summed E-state index contributed by atoms with van der Waals surface area (Å²) in [5, 5.41) is 6.09. The fourth-order valence-electron chi connectivity index (χ4n) is 2.47. The Morgan fingerprint density at radius 3 is 1.25 bits per heavy atom. The SMILES string of the molecule is c1cc2c1c1c(c3ccc32)CC1. The van der Waals surface area contributed by atoms with Crippen molar-refractivity contribution in [2.75, 3.05) is 0 Å². The highest BCUT2D eigenvalue weighted by molar-refractivity contribution is 6.16. The third kappa shape index (κ3) is 0.363. The molecule has 0 aromatic heterocycles. The van der Waals surface area contributed by atoms with Crippen molar-refractivity contribution in [1.82, 2.24) is 0 Å². The molecular formula is C12H8. The zero-order valence-corrected chi connectivity index (χ0v) is 6.72. The molecule has 0 amide bonds. The molecule has 1 aliphatic rings. The molecule has 0 N–H and O–H groups in total. The number of hydrogen-bond acceptors (Lipinski definition) is 0. The first-order chi connectivity index (χ1) is 5.95. The highest BCUT2D eigenvalue weighted by atomic mass is 14.3. The standard InChI is InChI=1S/C12H8/c1-2-8-7(1)9-3-4-11(9)12-6-5-10(8)12/h1-4H,5-6H2. The fraction of sp³-hybridized carbons (Fsp3) is 0.167. The van der Waals surface area contributed by atoms with Crippen LogP contribution >= 0.6 is 0 Å². The maximum Gasteiger partial charge on any atom is -0.0102 e. The van der Waals surface area contributed by atoms with E-state index in [1.54, 1.807) is 21.9 Å². The lowest BCUT2D eigenvalue weighted by Gasteiger charge is -2.27. The van der Waals surface area contributed by atoms with Gasteiger partial charge < -0.3 is 0 Å². The summed E-state index contributed by atoms with van der Waals surface area (Å²) in [7, 11) is 0. The molecule has 3 aromatic carbocycles. The maximum absolute atomic E-state index is 2.26. The summed E-state index contributed by atoms with van der Waals surface area (Å²) in [4.78, 5) is 0. The Hall–Kier alpha value is -1.30. The molecule has 0 fully saturated rings. The molecule has 0 saturated heterocycles. The minimum atomic E-state index is 1.31. The zero-order chi connectivity index (χ0) is 7.71. The van der Waals surface area contributed by atoms with Crippen LogP contribution in [0.15, 0.2) is 24.3 Å². The summed E-state index contributed by atoms with van der Waals surface area (Å²) < 4.78 is 0. The predicted molar refractivity (Wildman–Crippen MR) is 51.2 cm³/mol. The van der Waals surface area contributed by atoms with Gasteiger partial charge in [-0.2, -0.15) is 0 Å². The Labute approximate surface area is 70.5 Å². The quantitative estimate of drug-likeness (QED) is 0.464. The van der Waals surface area contributed by atoms with Gasteiger partial charge in [0.2, 0.25) is 0 Å². The molecule has 0 atom stereocenters. The molecule has 0 nitrogen and oxygen atoms in total. The third-order valence-corrected chi connectivity index (χ3v) is 3.34. The number of benzene rings is 1. The van der Waals surface area contributed by atoms with Crippen molar-refractivity contribution < 1.29 is 0 Å². The number of fused-ring (bicyclic) bond motifs is 6. The van der Waals surface area contributed by atoms with Gasteiger partial charge in [-0.1, -0.05) is 24.3 Å². The molecule has 0 saturated carbocycles. The summed E-state index contributed by atoms with van der Waals surface area (Å²) in [5.74, 6) is 0. The van der Waals surface area contributed by atoms with Gasteiger partial charge in [-0.25, -0.2) is 0 Å². The predicted octanol–water partition coefficient (Wildman–Crippen LogP) is 2.97. The van der Waals surface area contributed by atoms with Crippen molar-refractivity contribution in [3.8, 4) is 0 Å². The van der Waals surface area contributed by atoms with Crippen molar-refractivity contribution in [2.45, 2.75) is 12.8 Å². The zero-order valence-electron chi connectivity index (χ0n) is 6.72. The Morgan fingerprint density at radius 2 is 1.00 bits per heavy atom. The first-order valence-electron chi connectivity index (χ1n) is 4.53. The van der Waals surface area contributed by atoms with E-state index < -0.39 is 0 Å². The van der Waals surface area contributed by atoms with E-state index in [4.69, 9.17) is 0 Å². The van der Waals surface area contributed by atoms with E-state index in [2.05, 4.69) is 24.3 Å². The largest absolute Gasteiger partial charge is 0.0534 e. The lowest BCUT2D eigenvalue weighted by Crippen LogP contribution is -2.11. The Bertz CT molecular complexity index is 510. The number of aryl methyl sites for hydroxylation is 2. The normalized spacial score (nSPS) is 15.7.